The number of amides is 1. The van der Waals surface area contributed by atoms with Crippen LogP contribution in [0.5, 0.6) is 0 Å². The third kappa shape index (κ3) is 7.14. The van der Waals surface area contributed by atoms with Gasteiger partial charge in [0.05, 0.1) is 13.7 Å². The second kappa shape index (κ2) is 10.9. The molecule has 11 heteroatoms. The third-order valence-electron chi connectivity index (χ3n) is 4.80. The average Bonchev–Trinajstić information content (AvgIpc) is 3.28. The van der Waals surface area contributed by atoms with E-state index in [1.807, 2.05) is 41.9 Å². The van der Waals surface area contributed by atoms with E-state index in [-0.39, 0.29) is 11.3 Å². The minimum Gasteiger partial charge on any atom is -0.352 e. The number of anilines is 4. The van der Waals surface area contributed by atoms with Crippen molar-refractivity contribution in [3.05, 3.63) is 47.8 Å². The summed E-state index contributed by atoms with van der Waals surface area (Å²) in [7, 11) is 3.35. The molecule has 0 aliphatic heterocycles. The Morgan fingerprint density at radius 1 is 1.18 bits per heavy atom. The molecule has 1 amide bonds. The number of carbonyl (C=O) groups excluding carboxylic acids is 1. The molecule has 1 aromatic carbocycles. The minimum absolute atomic E-state index is 0.0578. The van der Waals surface area contributed by atoms with Crippen molar-refractivity contribution in [2.45, 2.75) is 34.2 Å². The fraction of sp³-hybridized carbons (Fsp3) is 0.435. The summed E-state index contributed by atoms with van der Waals surface area (Å²) in [5, 5.41) is 10.7. The molecule has 0 spiro atoms. The van der Waals surface area contributed by atoms with Gasteiger partial charge in [0.1, 0.15) is 0 Å². The molecular weight excluding hydrogens is 434 g/mol. The number of nitrogens with zero attached hydrogens (tertiary/aromatic N) is 6. The van der Waals surface area contributed by atoms with Gasteiger partial charge in [0.25, 0.3) is 5.91 Å². The molecule has 0 atom stereocenters. The fourth-order valence-electron chi connectivity index (χ4n) is 3.34. The monoisotopic (exact) mass is 467 g/mol. The van der Waals surface area contributed by atoms with E-state index >= 15 is 0 Å². The highest BCUT2D eigenvalue weighted by molar-refractivity contribution is 5.94. The normalized spacial score (nSPS) is 11.2. The molecule has 3 rings (SSSR count). The van der Waals surface area contributed by atoms with Crippen molar-refractivity contribution < 1.29 is 9.63 Å². The van der Waals surface area contributed by atoms with E-state index in [1.165, 1.54) is 7.11 Å². The largest absolute Gasteiger partial charge is 0.352 e. The zero-order valence-corrected chi connectivity index (χ0v) is 20.6. The molecular formula is C23H33N9O2. The Bertz CT molecular complexity index is 1090. The number of hydrogen-bond acceptors (Lipinski definition) is 9. The van der Waals surface area contributed by atoms with Crippen LogP contribution >= 0.6 is 0 Å². The number of aromatic nitrogens is 5. The van der Waals surface area contributed by atoms with Gasteiger partial charge in [-0.2, -0.15) is 20.1 Å². The van der Waals surface area contributed by atoms with Crippen molar-refractivity contribution in [1.82, 2.24) is 30.2 Å². The van der Waals surface area contributed by atoms with E-state index in [1.54, 1.807) is 18.3 Å². The lowest BCUT2D eigenvalue weighted by Gasteiger charge is -2.27. The van der Waals surface area contributed by atoms with Crippen LogP contribution in [-0.2, 0) is 11.4 Å². The van der Waals surface area contributed by atoms with Gasteiger partial charge >= 0.3 is 0 Å². The third-order valence-corrected chi connectivity index (χ3v) is 4.80. The van der Waals surface area contributed by atoms with Gasteiger partial charge in [0.15, 0.2) is 0 Å². The average molecular weight is 468 g/mol. The van der Waals surface area contributed by atoms with Crippen LogP contribution in [0.25, 0.3) is 0 Å². The molecule has 0 saturated carbocycles. The maximum absolute atomic E-state index is 12.2. The first kappa shape index (κ1) is 24.9. The van der Waals surface area contributed by atoms with Crippen LogP contribution < -0.4 is 21.0 Å². The number of hydrogen-bond donors (Lipinski definition) is 3. The summed E-state index contributed by atoms with van der Waals surface area (Å²) in [6.45, 7) is 10.4. The van der Waals surface area contributed by atoms with Crippen LogP contribution in [0.2, 0.25) is 0 Å². The highest BCUT2D eigenvalue weighted by Crippen LogP contribution is 2.23. The summed E-state index contributed by atoms with van der Waals surface area (Å²) >= 11 is 0. The van der Waals surface area contributed by atoms with Crippen molar-refractivity contribution in [3.8, 4) is 0 Å². The summed E-state index contributed by atoms with van der Waals surface area (Å²) < 4.78 is 1.83. The molecule has 3 aromatic rings. The second-order valence-electron chi connectivity index (χ2n) is 9.19. The molecule has 11 nitrogen and oxygen atoms in total. The number of aryl methyl sites for hydroxylation is 1. The highest BCUT2D eigenvalue weighted by Gasteiger charge is 2.18. The smallest absolute Gasteiger partial charge is 0.274 e. The van der Waals surface area contributed by atoms with Crippen LogP contribution in [0.4, 0.5) is 23.5 Å². The summed E-state index contributed by atoms with van der Waals surface area (Å²) in [6, 6.07) is 7.20. The summed E-state index contributed by atoms with van der Waals surface area (Å²) in [5.41, 5.74) is 4.49. The van der Waals surface area contributed by atoms with Crippen LogP contribution in [0, 0.1) is 12.3 Å². The number of carbonyl (C=O) groups is 1. The van der Waals surface area contributed by atoms with Crippen LogP contribution in [-0.4, -0.2) is 57.9 Å². The first-order chi connectivity index (χ1) is 16.1. The van der Waals surface area contributed by atoms with Crippen LogP contribution in [0.3, 0.4) is 0 Å². The zero-order valence-electron chi connectivity index (χ0n) is 20.6. The molecule has 0 aliphatic rings. The second-order valence-corrected chi connectivity index (χ2v) is 9.19. The van der Waals surface area contributed by atoms with Gasteiger partial charge in [-0.05, 0) is 36.1 Å². The number of nitrogens with one attached hydrogen (secondary N) is 3. The van der Waals surface area contributed by atoms with E-state index in [0.29, 0.717) is 42.2 Å². The fourth-order valence-corrected chi connectivity index (χ4v) is 3.34. The quantitative estimate of drug-likeness (QED) is 0.386. The maximum Gasteiger partial charge on any atom is 0.274 e. The van der Waals surface area contributed by atoms with Gasteiger partial charge in [0.2, 0.25) is 17.8 Å². The Hall–Kier alpha value is -3.73. The topological polar surface area (TPSA) is 122 Å². The molecule has 0 unspecified atom stereocenters. The lowest BCUT2D eigenvalue weighted by atomic mass is 9.96. The summed E-state index contributed by atoms with van der Waals surface area (Å²) in [5.74, 6) is 1.03. The molecule has 3 N–H and O–H groups in total. The first-order valence-electron chi connectivity index (χ1n) is 11.0. The van der Waals surface area contributed by atoms with Crippen molar-refractivity contribution >= 4 is 29.4 Å². The number of benzene rings is 1. The molecule has 0 aliphatic carbocycles. The minimum atomic E-state index is -0.340. The molecule has 182 valence electrons. The van der Waals surface area contributed by atoms with E-state index < -0.39 is 0 Å². The van der Waals surface area contributed by atoms with Crippen molar-refractivity contribution in [2.75, 3.05) is 42.8 Å². The van der Waals surface area contributed by atoms with Gasteiger partial charge in [-0.25, -0.2) is 5.48 Å². The van der Waals surface area contributed by atoms with Gasteiger partial charge in [-0.1, -0.05) is 26.8 Å². The first-order valence-corrected chi connectivity index (χ1v) is 11.0. The van der Waals surface area contributed by atoms with Crippen molar-refractivity contribution in [3.63, 3.8) is 0 Å². The predicted octanol–water partition coefficient (Wildman–Crippen LogP) is 3.01. The molecule has 2 heterocycles. The maximum atomic E-state index is 12.2. The summed E-state index contributed by atoms with van der Waals surface area (Å²) in [6.07, 6.45) is 3.65. The van der Waals surface area contributed by atoms with Gasteiger partial charge in [-0.3, -0.25) is 14.3 Å². The predicted molar refractivity (Wildman–Crippen MR) is 132 cm³/mol. The standard InChI is InChI=1S/C23H33N9O2/c1-16-8-9-17(19(33)30-34-6)14-18(16)26-21-27-20(24-11-13-32-12-7-10-25-32)28-22(29-21)31(5)15-23(2,3)4/h7-10,12,14H,11,13,15H2,1-6H3,(H,30,33)(H2,24,26,27,28,29). The highest BCUT2D eigenvalue weighted by atomic mass is 16.6. The molecule has 0 fully saturated rings. The lowest BCUT2D eigenvalue weighted by molar-refractivity contribution is 0.0537. The number of rotatable bonds is 10. The summed E-state index contributed by atoms with van der Waals surface area (Å²) in [4.78, 5) is 32.7. The van der Waals surface area contributed by atoms with Crippen LogP contribution in [0.15, 0.2) is 36.7 Å². The molecule has 0 bridgehead atoms. The van der Waals surface area contributed by atoms with Crippen LogP contribution in [0.1, 0.15) is 36.7 Å². The Morgan fingerprint density at radius 2 is 1.94 bits per heavy atom. The van der Waals surface area contributed by atoms with E-state index in [9.17, 15) is 4.79 Å². The Kier molecular flexibility index (Phi) is 8.00. The Balaban J connectivity index is 1.86. The van der Waals surface area contributed by atoms with E-state index in [2.05, 4.69) is 56.9 Å². The van der Waals surface area contributed by atoms with E-state index in [4.69, 9.17) is 4.84 Å². The molecule has 2 aromatic heterocycles. The van der Waals surface area contributed by atoms with Crippen molar-refractivity contribution in [2.24, 2.45) is 5.41 Å². The van der Waals surface area contributed by atoms with Gasteiger partial charge < -0.3 is 15.5 Å². The van der Waals surface area contributed by atoms with Gasteiger partial charge in [-0.15, -0.1) is 0 Å². The van der Waals surface area contributed by atoms with Crippen molar-refractivity contribution in [1.29, 1.82) is 0 Å². The molecule has 0 saturated heterocycles. The Labute approximate surface area is 199 Å². The van der Waals surface area contributed by atoms with E-state index in [0.717, 1.165) is 12.1 Å². The molecule has 0 radical (unpaired) electrons. The SMILES string of the molecule is CONC(=O)c1ccc(C)c(Nc2nc(NCCn3cccn3)nc(N(C)CC(C)(C)C)n2)c1. The van der Waals surface area contributed by atoms with Gasteiger partial charge in [0, 0.05) is 43.8 Å². The zero-order chi connectivity index (χ0) is 24.7. The molecule has 34 heavy (non-hydrogen) atoms. The Morgan fingerprint density at radius 3 is 2.62 bits per heavy atom. The number of hydroxylamine groups is 1. The lowest BCUT2D eigenvalue weighted by Crippen LogP contribution is -2.31.